The van der Waals surface area contributed by atoms with Gasteiger partial charge in [0.05, 0.1) is 64.4 Å². The normalized spacial score (nSPS) is 18.2. The maximum Gasteiger partial charge on any atom is 0.530 e. The Hall–Kier alpha value is -8.00. The summed E-state index contributed by atoms with van der Waals surface area (Å²) in [4.78, 5) is 74.0. The van der Waals surface area contributed by atoms with Gasteiger partial charge in [-0.2, -0.15) is 45.3 Å². The molecule has 1 saturated heterocycles. The van der Waals surface area contributed by atoms with Gasteiger partial charge in [0, 0.05) is 57.7 Å². The summed E-state index contributed by atoms with van der Waals surface area (Å²) in [5.41, 5.74) is -8.68. The number of nitrogens with one attached hydrogen (secondary N) is 1. The molecule has 1 unspecified atom stereocenters. The van der Waals surface area contributed by atoms with E-state index in [0.29, 0.717) is 15.6 Å². The van der Waals surface area contributed by atoms with Crippen LogP contribution in [0.2, 0.25) is 5.02 Å². The van der Waals surface area contributed by atoms with Gasteiger partial charge in [0.25, 0.3) is 5.92 Å². The summed E-state index contributed by atoms with van der Waals surface area (Å²) < 4.78 is 234. The lowest BCUT2D eigenvalue weighted by Gasteiger charge is -2.34. The highest BCUT2D eigenvalue weighted by Gasteiger charge is 2.68. The van der Waals surface area contributed by atoms with Crippen molar-refractivity contribution in [3.8, 4) is 28.7 Å². The molecular weight excluding hydrogens is 1450 g/mol. The summed E-state index contributed by atoms with van der Waals surface area (Å²) in [6.45, 7) is 7.96. The number of phosphoric ester groups is 1. The van der Waals surface area contributed by atoms with E-state index in [1.165, 1.54) is 74.4 Å². The van der Waals surface area contributed by atoms with Crippen LogP contribution in [-0.4, -0.2) is 132 Å². The van der Waals surface area contributed by atoms with Gasteiger partial charge in [0.1, 0.15) is 58.7 Å². The molecule has 6 aromatic rings. The van der Waals surface area contributed by atoms with Crippen LogP contribution in [0.25, 0.3) is 22.0 Å². The van der Waals surface area contributed by atoms with E-state index in [1.807, 2.05) is 0 Å². The molecule has 23 nitrogen and oxygen atoms in total. The molecule has 2 aliphatic carbocycles. The van der Waals surface area contributed by atoms with Gasteiger partial charge in [-0.05, 0) is 139 Å². The highest BCUT2D eigenvalue weighted by Crippen LogP contribution is 2.68. The number of amides is 3. The van der Waals surface area contributed by atoms with Crippen LogP contribution in [0.1, 0.15) is 149 Å². The maximum absolute atomic E-state index is 15.8. The molecule has 6 atom stereocenters. The van der Waals surface area contributed by atoms with Gasteiger partial charge < -0.3 is 29.5 Å². The lowest BCUT2D eigenvalue weighted by molar-refractivity contribution is -0.155. The number of sulfone groups is 1. The van der Waals surface area contributed by atoms with Gasteiger partial charge in [0.2, 0.25) is 17.7 Å². The smallest absolute Gasteiger partial charge is 0.530 e. The van der Waals surface area contributed by atoms with Crippen molar-refractivity contribution in [1.29, 1.82) is 0 Å². The monoisotopic (exact) mass is 1520 g/mol. The molecule has 102 heavy (non-hydrogen) atoms. The molecule has 2 fully saturated rings. The van der Waals surface area contributed by atoms with Crippen molar-refractivity contribution in [2.75, 3.05) is 6.26 Å². The lowest BCUT2D eigenvalue weighted by atomic mass is 9.77. The number of pyridine rings is 1. The molecule has 1 saturated carbocycles. The van der Waals surface area contributed by atoms with Crippen molar-refractivity contribution >= 4 is 81.1 Å². The number of likely N-dealkylation sites (tertiary alicyclic amines) is 1. The predicted molar refractivity (Wildman–Crippen MR) is 344 cm³/mol. The number of hydrogen-bond acceptors (Lipinski definition) is 16. The number of rotatable bonds is 25. The average molecular weight is 1520 g/mol. The van der Waals surface area contributed by atoms with Crippen LogP contribution in [0.15, 0.2) is 54.6 Å². The average Bonchev–Trinajstić information content (AvgIpc) is 1.51. The van der Waals surface area contributed by atoms with Crippen molar-refractivity contribution in [1.82, 2.24) is 39.1 Å². The van der Waals surface area contributed by atoms with Gasteiger partial charge in [-0.3, -0.25) is 41.3 Å². The van der Waals surface area contributed by atoms with E-state index in [1.54, 1.807) is 0 Å². The van der Waals surface area contributed by atoms with Crippen molar-refractivity contribution in [3.05, 3.63) is 128 Å². The minimum atomic E-state index is -5.28. The number of aliphatic carboxylic acids is 2. The zero-order chi connectivity index (χ0) is 75.8. The zero-order valence-electron chi connectivity index (χ0n) is 55.9. The molecule has 0 radical (unpaired) electrons. The third-order valence-corrected chi connectivity index (χ3v) is 22.0. The van der Waals surface area contributed by atoms with Crippen LogP contribution in [0.5, 0.6) is 5.75 Å². The Kier molecular flexibility index (Phi) is 21.9. The molecule has 552 valence electrons. The van der Waals surface area contributed by atoms with Crippen LogP contribution in [0.3, 0.4) is 0 Å². The van der Waals surface area contributed by atoms with Crippen molar-refractivity contribution in [2.24, 2.45) is 5.92 Å². The summed E-state index contributed by atoms with van der Waals surface area (Å²) in [5, 5.41) is 29.3. The van der Waals surface area contributed by atoms with Crippen molar-refractivity contribution < 1.29 is 113 Å². The zero-order valence-corrected chi connectivity index (χ0v) is 59.1. The third kappa shape index (κ3) is 16.8. The largest absolute Gasteiger partial charge is 0.755 e. The first-order chi connectivity index (χ1) is 47.0. The minimum absolute atomic E-state index is 0.0855. The quantitative estimate of drug-likeness (QED) is 0.0207. The Bertz CT molecular complexity index is 4590. The molecule has 3 amide bonds. The number of fused-ring (bicyclic) bond motifs is 4. The van der Waals surface area contributed by atoms with Crippen molar-refractivity contribution in [2.45, 2.75) is 185 Å². The molecule has 0 spiro atoms. The Morgan fingerprint density at radius 3 is 2.04 bits per heavy atom. The van der Waals surface area contributed by atoms with E-state index in [9.17, 15) is 64.3 Å². The third-order valence-electron chi connectivity index (χ3n) is 17.2. The van der Waals surface area contributed by atoms with Crippen LogP contribution < -0.4 is 9.84 Å². The van der Waals surface area contributed by atoms with E-state index in [4.69, 9.17) is 25.2 Å². The van der Waals surface area contributed by atoms with E-state index in [-0.39, 0.29) is 73.1 Å². The number of carbonyl (C=O) groups is 5. The number of carboxylic acid groups (broad SMARTS) is 2. The minimum Gasteiger partial charge on any atom is -0.755 e. The van der Waals surface area contributed by atoms with Gasteiger partial charge in [-0.15, -0.1) is 0 Å². The summed E-state index contributed by atoms with van der Waals surface area (Å²) in [6, 6.07) is 4.09. The molecule has 0 bridgehead atoms. The van der Waals surface area contributed by atoms with Crippen LogP contribution in [-0.2, 0) is 109 Å². The Morgan fingerprint density at radius 2 is 1.49 bits per heavy atom. The number of aryl methyl sites for hydroxylation is 1. The maximum atomic E-state index is 15.8. The summed E-state index contributed by atoms with van der Waals surface area (Å²) >= 11 is 3.18. The molecule has 37 heteroatoms. The second-order valence-electron chi connectivity index (χ2n) is 26.8. The highest BCUT2D eigenvalue weighted by atomic mass is 35.5. The molecule has 3 aromatic carbocycles. The first-order valence-electron chi connectivity index (χ1n) is 31.3. The van der Waals surface area contributed by atoms with E-state index >= 15 is 35.5 Å². The summed E-state index contributed by atoms with van der Waals surface area (Å²) in [7, 11) is -8.72. The van der Waals surface area contributed by atoms with Crippen molar-refractivity contribution in [3.63, 3.8) is 0 Å². The van der Waals surface area contributed by atoms with E-state index in [0.717, 1.165) is 42.7 Å². The van der Waals surface area contributed by atoms with Crippen LogP contribution >= 0.6 is 19.4 Å². The Balaban J connectivity index is 1.19. The fourth-order valence-corrected chi connectivity index (χ4v) is 15.3. The SMILES string of the molecule is Cc1cc(CC(=O)N2[C@H](C(=O)O)CC[C@H]2C(=O)O)c(C(C)(C)CC(=O)N(Cc2nn(CC(F)(F)F)c3c(-c4ccc(C#CC(C)(C)S(C)(=O)=O)nc4[C@H](Cc4cc(F)cc(F)c4)NC(=O)Cn4nc(C(F)(F)F)c5c4C(F)(F)[C@@H]4C[C@H]54)ccc(Cl)c23)S(=O)[O-])c(OP(=O)(OC(C)C)OC(C)C)c1. The van der Waals surface area contributed by atoms with Gasteiger partial charge in [0.15, 0.2) is 15.5 Å². The number of hydrogen-bond donors (Lipinski definition) is 3. The lowest BCUT2D eigenvalue weighted by Crippen LogP contribution is -2.48. The molecular formula is C65H67ClF10N8O15PS2-. The number of aromatic nitrogens is 5. The number of carbonyl (C=O) groups excluding carboxylic acids is 3. The van der Waals surface area contributed by atoms with E-state index < -0.39 is 224 Å². The number of phosphoric acid groups is 1. The first kappa shape index (κ1) is 78.1. The fourth-order valence-electron chi connectivity index (χ4n) is 12.8. The second kappa shape index (κ2) is 28.6. The molecule has 1 aliphatic heterocycles. The number of halogens is 11. The molecule has 3 aromatic heterocycles. The highest BCUT2D eigenvalue weighted by molar-refractivity contribution is 7.92. The number of nitrogens with zero attached hydrogens (tertiary/aromatic N) is 7. The van der Waals surface area contributed by atoms with Crippen LogP contribution in [0.4, 0.5) is 43.9 Å². The molecule has 4 heterocycles. The van der Waals surface area contributed by atoms with E-state index in [2.05, 4.69) is 32.3 Å². The standard InChI is InChI=1S/C65H68ClF10N8O15PS2/c1-31(2)97-100(92,98-32(3)4)99-48-20-33(5)19-35(24-50(86)84-46(59(88)89)15-16-47(84)60(90)91)54(48)61(6,7)27-51(87)83(101(93)94)28-45-53-43(66)14-13-40(56(53)82(79-45)30-63(69,70)71)39-12-11-38(17-18-62(8,9)102(10,95)96)77-55(39)44(23-34-21-36(67)25-37(68)22-34)78-49(85)29-81-58-52(57(80-81)65(74,75)76)41-26-42(41)64(58,72)73/h11-14,19-22,25,31-32,41-42,44,46-47H,15-16,23-24,26-30H2,1-10H3,(H,78,85)(H,88,89)(H,90,91)(H,93,94)/p-1/t41-,42+,44-,46-,47-/m0/s1. The predicted octanol–water partition coefficient (Wildman–Crippen LogP) is 11.5. The Labute approximate surface area is 584 Å². The topological polar surface area (TPSA) is 312 Å². The Morgan fingerprint density at radius 1 is 0.892 bits per heavy atom. The summed E-state index contributed by atoms with van der Waals surface area (Å²) in [6.07, 6.45) is -14.7. The number of carboxylic acids is 2. The number of alkyl halides is 8. The second-order valence-corrected chi connectivity index (χ2v) is 32.1. The van der Waals surface area contributed by atoms with Gasteiger partial charge in [-0.25, -0.2) is 36.3 Å². The molecule has 9 rings (SSSR count). The molecule has 3 aliphatic rings. The molecule has 3 N–H and O–H groups in total. The first-order valence-corrected chi connectivity index (χ1v) is 36.0. The van der Waals surface area contributed by atoms with Gasteiger partial charge in [-0.1, -0.05) is 43.5 Å². The van der Waals surface area contributed by atoms with Crippen LogP contribution in [0, 0.1) is 36.3 Å². The van der Waals surface area contributed by atoms with Gasteiger partial charge >= 0.3 is 32.1 Å². The summed E-state index contributed by atoms with van der Waals surface area (Å²) in [5.74, 6) is -11.2. The number of benzene rings is 3. The fraction of sp³-hybridized carbons (Fsp3) is 0.477.